The van der Waals surface area contributed by atoms with Crippen molar-refractivity contribution in [3.05, 3.63) is 59.7 Å². The highest BCUT2D eigenvalue weighted by Gasteiger charge is 2.36. The van der Waals surface area contributed by atoms with Crippen molar-refractivity contribution in [2.24, 2.45) is 0 Å². The molecular formula is C15H16O2Si. The van der Waals surface area contributed by atoms with Crippen LogP contribution in [0.3, 0.4) is 0 Å². The van der Waals surface area contributed by atoms with Gasteiger partial charge in [0.1, 0.15) is 0 Å². The number of hydrogen-bond acceptors (Lipinski definition) is 2. The molecule has 0 bridgehead atoms. The molecule has 1 aliphatic rings. The molecule has 0 aliphatic heterocycles. The lowest BCUT2D eigenvalue weighted by Crippen LogP contribution is -2.28. The van der Waals surface area contributed by atoms with Crippen LogP contribution < -0.4 is 0 Å². The van der Waals surface area contributed by atoms with Crippen molar-refractivity contribution in [2.75, 3.05) is 14.2 Å². The Morgan fingerprint density at radius 3 is 1.67 bits per heavy atom. The number of fused-ring (bicyclic) bond motifs is 3. The van der Waals surface area contributed by atoms with Crippen molar-refractivity contribution >= 4 is 9.28 Å². The molecule has 0 aromatic heterocycles. The molecule has 3 heteroatoms. The van der Waals surface area contributed by atoms with E-state index in [1.165, 1.54) is 22.3 Å². The minimum Gasteiger partial charge on any atom is -0.399 e. The smallest absolute Gasteiger partial charge is 0.333 e. The quantitative estimate of drug-likeness (QED) is 0.786. The molecule has 0 amide bonds. The maximum atomic E-state index is 5.61. The van der Waals surface area contributed by atoms with Crippen molar-refractivity contribution in [3.63, 3.8) is 0 Å². The van der Waals surface area contributed by atoms with Gasteiger partial charge in [0.2, 0.25) is 0 Å². The molecule has 18 heavy (non-hydrogen) atoms. The van der Waals surface area contributed by atoms with Crippen molar-refractivity contribution in [1.29, 1.82) is 0 Å². The van der Waals surface area contributed by atoms with Crippen LogP contribution in [0.5, 0.6) is 0 Å². The van der Waals surface area contributed by atoms with Gasteiger partial charge in [-0.2, -0.15) is 0 Å². The first-order chi connectivity index (χ1) is 8.86. The van der Waals surface area contributed by atoms with Crippen LogP contribution in [0.2, 0.25) is 0 Å². The lowest BCUT2D eigenvalue weighted by atomic mass is 10.1. The summed E-state index contributed by atoms with van der Waals surface area (Å²) in [5.74, 6) is 0. The number of benzene rings is 2. The SMILES string of the molecule is CO[SiH](OC)C1c2ccccc2-c2ccccc21. The topological polar surface area (TPSA) is 18.5 Å². The highest BCUT2D eigenvalue weighted by molar-refractivity contribution is 6.48. The predicted octanol–water partition coefficient (Wildman–Crippen LogP) is 2.85. The van der Waals surface area contributed by atoms with E-state index in [0.29, 0.717) is 5.54 Å². The van der Waals surface area contributed by atoms with E-state index >= 15 is 0 Å². The van der Waals surface area contributed by atoms with Crippen molar-refractivity contribution in [2.45, 2.75) is 5.54 Å². The Kier molecular flexibility index (Phi) is 3.03. The normalized spacial score (nSPS) is 13.7. The van der Waals surface area contributed by atoms with Gasteiger partial charge >= 0.3 is 9.28 Å². The fraction of sp³-hybridized carbons (Fsp3) is 0.200. The van der Waals surface area contributed by atoms with Gasteiger partial charge in [0.05, 0.1) is 5.54 Å². The van der Waals surface area contributed by atoms with E-state index in [4.69, 9.17) is 8.85 Å². The maximum Gasteiger partial charge on any atom is 0.333 e. The molecule has 0 saturated heterocycles. The van der Waals surface area contributed by atoms with E-state index < -0.39 is 9.28 Å². The summed E-state index contributed by atoms with van der Waals surface area (Å²) in [7, 11) is 1.79. The Hall–Kier alpha value is -1.42. The van der Waals surface area contributed by atoms with Crippen LogP contribution >= 0.6 is 0 Å². The molecule has 2 nitrogen and oxygen atoms in total. The van der Waals surface area contributed by atoms with Crippen molar-refractivity contribution < 1.29 is 8.85 Å². The summed E-state index contributed by atoms with van der Waals surface area (Å²) >= 11 is 0. The summed E-state index contributed by atoms with van der Waals surface area (Å²) in [5.41, 5.74) is 5.64. The Morgan fingerprint density at radius 2 is 1.22 bits per heavy atom. The largest absolute Gasteiger partial charge is 0.399 e. The molecule has 1 aliphatic carbocycles. The van der Waals surface area contributed by atoms with Crippen LogP contribution in [0, 0.1) is 0 Å². The van der Waals surface area contributed by atoms with Crippen molar-refractivity contribution in [3.8, 4) is 11.1 Å². The van der Waals surface area contributed by atoms with E-state index in [0.717, 1.165) is 0 Å². The molecule has 92 valence electrons. The first kappa shape index (κ1) is 11.7. The Bertz CT molecular complexity index is 518. The molecule has 2 aromatic rings. The maximum absolute atomic E-state index is 5.61. The van der Waals surface area contributed by atoms with Crippen LogP contribution in [-0.2, 0) is 8.85 Å². The average molecular weight is 256 g/mol. The van der Waals surface area contributed by atoms with Gasteiger partial charge in [0.15, 0.2) is 0 Å². The van der Waals surface area contributed by atoms with Gasteiger partial charge in [0.25, 0.3) is 0 Å². The molecule has 0 saturated carbocycles. The van der Waals surface area contributed by atoms with Gasteiger partial charge in [0, 0.05) is 14.2 Å². The fourth-order valence-electron chi connectivity index (χ4n) is 2.86. The molecule has 0 unspecified atom stereocenters. The standard InChI is InChI=1S/C15H16O2Si/c1-16-18(17-2)15-13-9-5-3-7-11(13)12-8-4-6-10-14(12)15/h3-10,15,18H,1-2H3. The molecule has 0 spiro atoms. The van der Waals surface area contributed by atoms with Crippen LogP contribution in [0.15, 0.2) is 48.5 Å². The molecule has 2 aromatic carbocycles. The summed E-state index contributed by atoms with van der Waals surface area (Å²) < 4.78 is 11.2. The van der Waals surface area contributed by atoms with Gasteiger partial charge in [-0.25, -0.2) is 0 Å². The highest BCUT2D eigenvalue weighted by Crippen LogP contribution is 2.45. The molecular weight excluding hydrogens is 240 g/mol. The van der Waals surface area contributed by atoms with Gasteiger partial charge < -0.3 is 8.85 Å². The van der Waals surface area contributed by atoms with Crippen LogP contribution in [0.4, 0.5) is 0 Å². The zero-order valence-corrected chi connectivity index (χ0v) is 11.7. The van der Waals surface area contributed by atoms with E-state index in [9.17, 15) is 0 Å². The summed E-state index contributed by atoms with van der Waals surface area (Å²) in [6.07, 6.45) is 0. The molecule has 3 rings (SSSR count). The summed E-state index contributed by atoms with van der Waals surface area (Å²) in [6, 6.07) is 17.1. The van der Waals surface area contributed by atoms with E-state index in [2.05, 4.69) is 48.5 Å². The predicted molar refractivity (Wildman–Crippen MR) is 74.9 cm³/mol. The van der Waals surface area contributed by atoms with Crippen LogP contribution in [-0.4, -0.2) is 23.5 Å². The highest BCUT2D eigenvalue weighted by atomic mass is 28.3. The first-order valence-corrected chi connectivity index (χ1v) is 7.71. The van der Waals surface area contributed by atoms with E-state index in [-0.39, 0.29) is 0 Å². The fourth-order valence-corrected chi connectivity index (χ4v) is 4.76. The Labute approximate surface area is 109 Å². The monoisotopic (exact) mass is 256 g/mol. The van der Waals surface area contributed by atoms with Crippen molar-refractivity contribution in [1.82, 2.24) is 0 Å². The second-order valence-electron chi connectivity index (χ2n) is 4.49. The van der Waals surface area contributed by atoms with Crippen LogP contribution in [0.25, 0.3) is 11.1 Å². The first-order valence-electron chi connectivity index (χ1n) is 6.10. The lowest BCUT2D eigenvalue weighted by Gasteiger charge is -2.20. The average Bonchev–Trinajstić information content (AvgIpc) is 2.76. The molecule has 0 radical (unpaired) electrons. The summed E-state index contributed by atoms with van der Waals surface area (Å²) in [6.45, 7) is 0. The summed E-state index contributed by atoms with van der Waals surface area (Å²) in [4.78, 5) is 0. The van der Waals surface area contributed by atoms with Gasteiger partial charge in [-0.3, -0.25) is 0 Å². The minimum absolute atomic E-state index is 0.299. The van der Waals surface area contributed by atoms with E-state index in [1.54, 1.807) is 14.2 Å². The van der Waals surface area contributed by atoms with Gasteiger partial charge in [-0.15, -0.1) is 0 Å². The third-order valence-electron chi connectivity index (χ3n) is 3.62. The van der Waals surface area contributed by atoms with E-state index in [1.807, 2.05) is 0 Å². The Morgan fingerprint density at radius 1 is 0.778 bits per heavy atom. The summed E-state index contributed by atoms with van der Waals surface area (Å²) in [5, 5.41) is 0. The number of hydrogen-bond donors (Lipinski definition) is 0. The van der Waals surface area contributed by atoms with Gasteiger partial charge in [-0.05, 0) is 22.3 Å². The second-order valence-corrected chi connectivity index (χ2v) is 6.84. The third kappa shape index (κ3) is 1.63. The lowest BCUT2D eigenvalue weighted by molar-refractivity contribution is 0.271. The zero-order chi connectivity index (χ0) is 12.5. The van der Waals surface area contributed by atoms with Crippen LogP contribution in [0.1, 0.15) is 16.7 Å². The third-order valence-corrected chi connectivity index (χ3v) is 5.81. The second kappa shape index (κ2) is 4.69. The molecule has 0 heterocycles. The van der Waals surface area contributed by atoms with Gasteiger partial charge in [-0.1, -0.05) is 48.5 Å². The molecule has 0 fully saturated rings. The Balaban J connectivity index is 2.20. The minimum atomic E-state index is -1.72. The molecule has 0 atom stereocenters. The number of rotatable bonds is 3. The molecule has 0 N–H and O–H groups in total. The zero-order valence-electron chi connectivity index (χ0n) is 10.6.